The van der Waals surface area contributed by atoms with Gasteiger partial charge in [0.15, 0.2) is 0 Å². The van der Waals surface area contributed by atoms with E-state index in [4.69, 9.17) is 4.74 Å². The molecule has 1 aromatic rings. The maximum absolute atomic E-state index is 11.6. The zero-order valence-electron chi connectivity index (χ0n) is 10.2. The summed E-state index contributed by atoms with van der Waals surface area (Å²) in [5.41, 5.74) is 1.08. The van der Waals surface area contributed by atoms with E-state index >= 15 is 0 Å². The Labute approximate surface area is 101 Å². The van der Waals surface area contributed by atoms with Gasteiger partial charge in [0.05, 0.1) is 13.2 Å². The molecular weight excluding hydrogens is 222 g/mol. The van der Waals surface area contributed by atoms with Crippen LogP contribution in [-0.2, 0) is 11.4 Å². The number of ether oxygens (including phenoxy) is 1. The van der Waals surface area contributed by atoms with Gasteiger partial charge in [-0.3, -0.25) is 0 Å². The summed E-state index contributed by atoms with van der Waals surface area (Å²) in [6.07, 6.45) is 0. The Balaban J connectivity index is 2.68. The minimum absolute atomic E-state index is 0.0540. The van der Waals surface area contributed by atoms with E-state index in [0.717, 1.165) is 11.3 Å². The normalized spacial score (nSPS) is 14.9. The summed E-state index contributed by atoms with van der Waals surface area (Å²) in [6, 6.07) is 7.84. The molecule has 0 heterocycles. The molecule has 0 fully saturated rings. The van der Waals surface area contributed by atoms with Crippen LogP contribution in [0.25, 0.3) is 0 Å². The fourth-order valence-electron chi connectivity index (χ4n) is 1.29. The van der Waals surface area contributed by atoms with Gasteiger partial charge in [0.1, 0.15) is 11.0 Å². The van der Waals surface area contributed by atoms with Crippen LogP contribution in [0.15, 0.2) is 24.3 Å². The van der Waals surface area contributed by atoms with Crippen molar-refractivity contribution in [1.82, 2.24) is 4.72 Å². The Hall–Kier alpha value is -0.710. The number of nitrogens with one attached hydrogen (secondary N) is 1. The van der Waals surface area contributed by atoms with Crippen LogP contribution in [0.5, 0.6) is 5.75 Å². The van der Waals surface area contributed by atoms with Crippen LogP contribution in [0.3, 0.4) is 0 Å². The lowest BCUT2D eigenvalue weighted by Crippen LogP contribution is -2.32. The molecular formula is C12H19NO2S. The molecule has 16 heavy (non-hydrogen) atoms. The van der Waals surface area contributed by atoms with Crippen molar-refractivity contribution in [3.8, 4) is 5.75 Å². The molecule has 90 valence electrons. The summed E-state index contributed by atoms with van der Waals surface area (Å²) in [5, 5.41) is 0.119. The lowest BCUT2D eigenvalue weighted by atomic mass is 10.1. The van der Waals surface area contributed by atoms with Gasteiger partial charge in [-0.2, -0.15) is 0 Å². The molecule has 0 spiro atoms. The lowest BCUT2D eigenvalue weighted by molar-refractivity contribution is 0.413. The molecule has 0 aliphatic heterocycles. The first kappa shape index (κ1) is 13.4. The zero-order valence-corrected chi connectivity index (χ0v) is 11.0. The summed E-state index contributed by atoms with van der Waals surface area (Å²) in [6.45, 7) is 5.86. The van der Waals surface area contributed by atoms with Crippen LogP contribution in [0, 0.1) is 0 Å². The molecule has 1 unspecified atom stereocenters. The molecule has 0 aliphatic rings. The van der Waals surface area contributed by atoms with E-state index in [1.165, 1.54) is 0 Å². The van der Waals surface area contributed by atoms with Crippen LogP contribution in [0.4, 0.5) is 0 Å². The van der Waals surface area contributed by atoms with Gasteiger partial charge in [0.25, 0.3) is 0 Å². The third-order valence-corrected chi connectivity index (χ3v) is 3.76. The van der Waals surface area contributed by atoms with Crippen molar-refractivity contribution in [3.05, 3.63) is 29.8 Å². The van der Waals surface area contributed by atoms with Crippen molar-refractivity contribution >= 4 is 11.4 Å². The summed E-state index contributed by atoms with van der Waals surface area (Å²) in [4.78, 5) is 0. The van der Waals surface area contributed by atoms with Gasteiger partial charge in [-0.15, -0.1) is 4.72 Å². The number of hydrogen-bond acceptors (Lipinski definition) is 3. The average molecular weight is 241 g/mol. The van der Waals surface area contributed by atoms with Gasteiger partial charge in [-0.05, 0) is 38.5 Å². The first-order valence-electron chi connectivity index (χ1n) is 5.35. The van der Waals surface area contributed by atoms with Crippen LogP contribution in [-0.4, -0.2) is 16.9 Å². The molecule has 1 N–H and O–H groups in total. The smallest absolute Gasteiger partial charge is 0.129 e. The highest BCUT2D eigenvalue weighted by molar-refractivity contribution is 7.90. The standard InChI is InChI=1S/C12H19NO2S/c1-9(2)16(14)13-10(3)11-6-5-7-12(8-11)15-4/h5-10,13H,1-4H3/t10-,16?/m1/s1. The number of methoxy groups -OCH3 is 1. The van der Waals surface area contributed by atoms with Crippen molar-refractivity contribution in [3.63, 3.8) is 0 Å². The maximum Gasteiger partial charge on any atom is 0.129 e. The van der Waals surface area contributed by atoms with E-state index in [-0.39, 0.29) is 11.3 Å². The first-order chi connectivity index (χ1) is 7.54. The highest BCUT2D eigenvalue weighted by atomic mass is 32.2. The van der Waals surface area contributed by atoms with Crippen molar-refractivity contribution < 1.29 is 9.29 Å². The van der Waals surface area contributed by atoms with E-state index in [9.17, 15) is 4.55 Å². The molecule has 2 atom stereocenters. The highest BCUT2D eigenvalue weighted by Gasteiger charge is 2.17. The SMILES string of the molecule is COc1cccc([C@@H](C)N[S+]([O-])C(C)C)c1. The molecule has 4 heteroatoms. The van der Waals surface area contributed by atoms with Crippen molar-refractivity contribution in [1.29, 1.82) is 0 Å². The van der Waals surface area contributed by atoms with E-state index < -0.39 is 11.4 Å². The summed E-state index contributed by atoms with van der Waals surface area (Å²) in [7, 11) is 1.64. The molecule has 0 aromatic heterocycles. The first-order valence-corrected chi connectivity index (χ1v) is 6.56. The third kappa shape index (κ3) is 3.70. The van der Waals surface area contributed by atoms with Crippen molar-refractivity contribution in [2.75, 3.05) is 7.11 Å². The summed E-state index contributed by atoms with van der Waals surface area (Å²) < 4.78 is 19.9. The van der Waals surface area contributed by atoms with Crippen LogP contribution in [0.2, 0.25) is 0 Å². The molecule has 1 aromatic carbocycles. The van der Waals surface area contributed by atoms with Gasteiger partial charge >= 0.3 is 0 Å². The van der Waals surface area contributed by atoms with Gasteiger partial charge < -0.3 is 9.29 Å². The van der Waals surface area contributed by atoms with E-state index in [1.807, 2.05) is 45.0 Å². The summed E-state index contributed by atoms with van der Waals surface area (Å²) >= 11 is -1.00. The highest BCUT2D eigenvalue weighted by Crippen LogP contribution is 2.19. The zero-order chi connectivity index (χ0) is 12.1. The minimum Gasteiger partial charge on any atom is -0.598 e. The quantitative estimate of drug-likeness (QED) is 0.805. The fraction of sp³-hybridized carbons (Fsp3) is 0.500. The van der Waals surface area contributed by atoms with Crippen molar-refractivity contribution in [2.45, 2.75) is 32.1 Å². The average Bonchev–Trinajstić information content (AvgIpc) is 2.28. The van der Waals surface area contributed by atoms with Gasteiger partial charge in [-0.25, -0.2) is 0 Å². The fourth-order valence-corrected chi connectivity index (χ4v) is 2.05. The molecule has 0 aliphatic carbocycles. The molecule has 3 nitrogen and oxygen atoms in total. The Morgan fingerprint density at radius 3 is 2.56 bits per heavy atom. The molecule has 0 saturated heterocycles. The van der Waals surface area contributed by atoms with Crippen LogP contribution < -0.4 is 9.46 Å². The van der Waals surface area contributed by atoms with Gasteiger partial charge in [0, 0.05) is 11.4 Å². The van der Waals surface area contributed by atoms with Crippen LogP contribution in [0.1, 0.15) is 32.4 Å². The number of rotatable bonds is 5. The second-order valence-electron chi connectivity index (χ2n) is 3.96. The van der Waals surface area contributed by atoms with Gasteiger partial charge in [0.2, 0.25) is 0 Å². The number of hydrogen-bond donors (Lipinski definition) is 1. The Morgan fingerprint density at radius 1 is 1.31 bits per heavy atom. The summed E-state index contributed by atoms with van der Waals surface area (Å²) in [5.74, 6) is 0.821. The molecule has 0 bridgehead atoms. The third-order valence-electron chi connectivity index (χ3n) is 2.31. The second kappa shape index (κ2) is 6.13. The van der Waals surface area contributed by atoms with Crippen molar-refractivity contribution in [2.24, 2.45) is 0 Å². The van der Waals surface area contributed by atoms with E-state index in [1.54, 1.807) is 7.11 Å². The molecule has 0 saturated carbocycles. The topological polar surface area (TPSA) is 44.3 Å². The predicted molar refractivity (Wildman–Crippen MR) is 67.8 cm³/mol. The van der Waals surface area contributed by atoms with Gasteiger partial charge in [-0.1, -0.05) is 12.1 Å². The predicted octanol–water partition coefficient (Wildman–Crippen LogP) is 2.42. The molecule has 1 rings (SSSR count). The Bertz CT molecular complexity index is 331. The lowest BCUT2D eigenvalue weighted by Gasteiger charge is -2.19. The minimum atomic E-state index is -1.00. The Kier molecular flexibility index (Phi) is 5.12. The van der Waals surface area contributed by atoms with E-state index in [2.05, 4.69) is 4.72 Å². The Morgan fingerprint density at radius 2 is 2.00 bits per heavy atom. The molecule has 0 radical (unpaired) electrons. The largest absolute Gasteiger partial charge is 0.598 e. The monoisotopic (exact) mass is 241 g/mol. The van der Waals surface area contributed by atoms with E-state index in [0.29, 0.717) is 0 Å². The molecule has 0 amide bonds. The second-order valence-corrected chi connectivity index (χ2v) is 5.74. The van der Waals surface area contributed by atoms with Crippen LogP contribution >= 0.6 is 0 Å². The number of benzene rings is 1. The maximum atomic E-state index is 11.6.